The van der Waals surface area contributed by atoms with E-state index in [9.17, 15) is 22.8 Å². The van der Waals surface area contributed by atoms with Crippen LogP contribution in [0.1, 0.15) is 63.9 Å². The van der Waals surface area contributed by atoms with Gasteiger partial charge in [-0.2, -0.15) is 13.2 Å². The lowest BCUT2D eigenvalue weighted by Gasteiger charge is -2.25. The molecule has 0 aliphatic rings. The number of aromatic nitrogens is 2. The molecule has 48 heavy (non-hydrogen) atoms. The number of hydrogen-bond donors (Lipinski definition) is 1. The zero-order valence-electron chi connectivity index (χ0n) is 26.4. The molecule has 4 aromatic rings. The van der Waals surface area contributed by atoms with Crippen LogP contribution in [0.25, 0.3) is 0 Å². The molecule has 0 aliphatic heterocycles. The maximum Gasteiger partial charge on any atom is 0.417 e. The second-order valence-electron chi connectivity index (χ2n) is 10.8. The molecule has 9 nitrogen and oxygen atoms in total. The van der Waals surface area contributed by atoms with Crippen LogP contribution in [0.15, 0.2) is 65.6 Å². The number of nitrogens with one attached hydrogen (secondary N) is 1. The Morgan fingerprint density at radius 3 is 2.23 bits per heavy atom. The fraction of sp³-hybridized carbons (Fsp3) is 0.394. The molecule has 0 spiro atoms. The van der Waals surface area contributed by atoms with Crippen molar-refractivity contribution in [3.05, 3.63) is 76.2 Å². The van der Waals surface area contributed by atoms with Crippen molar-refractivity contribution in [3.63, 3.8) is 0 Å². The second kappa shape index (κ2) is 18.0. The molecular formula is C33H36ClF3N4O5S2. The number of benzene rings is 2. The van der Waals surface area contributed by atoms with E-state index in [1.807, 2.05) is 6.92 Å². The SMILES string of the molecule is CCCCC(CCCCCC(Oc1ccc(OC)cc1)C(=O)Nc1nccs1)C(=O)N(Oc1ccc(Cl)c(C(F)(F)F)c1)c1nccs1. The van der Waals surface area contributed by atoms with Crippen molar-refractivity contribution >= 4 is 56.4 Å². The highest BCUT2D eigenvalue weighted by atomic mass is 35.5. The van der Waals surface area contributed by atoms with Gasteiger partial charge in [-0.1, -0.05) is 44.2 Å². The van der Waals surface area contributed by atoms with Crippen molar-refractivity contribution in [2.45, 2.75) is 70.6 Å². The number of carbonyl (C=O) groups is 2. The molecule has 0 bridgehead atoms. The van der Waals surface area contributed by atoms with Crippen LogP contribution in [-0.4, -0.2) is 35.0 Å². The average Bonchev–Trinajstić information content (AvgIpc) is 3.80. The first-order valence-electron chi connectivity index (χ1n) is 15.4. The van der Waals surface area contributed by atoms with Crippen molar-refractivity contribution in [1.29, 1.82) is 0 Å². The quantitative estimate of drug-likeness (QED) is 0.0806. The number of halogens is 4. The number of unbranched alkanes of at least 4 members (excludes halogenated alkanes) is 3. The number of methoxy groups -OCH3 is 1. The van der Waals surface area contributed by atoms with E-state index in [1.165, 1.54) is 23.6 Å². The van der Waals surface area contributed by atoms with Crippen molar-refractivity contribution in [3.8, 4) is 17.2 Å². The Morgan fingerprint density at radius 2 is 1.58 bits per heavy atom. The Balaban J connectivity index is 1.41. The maximum atomic E-state index is 13.9. The zero-order chi connectivity index (χ0) is 34.5. The predicted molar refractivity (Wildman–Crippen MR) is 181 cm³/mol. The molecule has 0 aliphatic carbocycles. The summed E-state index contributed by atoms with van der Waals surface area (Å²) in [7, 11) is 1.57. The summed E-state index contributed by atoms with van der Waals surface area (Å²) in [5, 5.41) is 7.41. The Hall–Kier alpha value is -3.88. The summed E-state index contributed by atoms with van der Waals surface area (Å²) in [6.07, 6.45) is 2.73. The number of hydroxylamine groups is 1. The van der Waals surface area contributed by atoms with Crippen LogP contribution in [0.3, 0.4) is 0 Å². The van der Waals surface area contributed by atoms with Crippen LogP contribution in [0.2, 0.25) is 5.02 Å². The predicted octanol–water partition coefficient (Wildman–Crippen LogP) is 9.45. The fourth-order valence-corrected chi connectivity index (χ4v) is 6.16. The van der Waals surface area contributed by atoms with E-state index in [-0.39, 0.29) is 16.8 Å². The van der Waals surface area contributed by atoms with E-state index < -0.39 is 34.7 Å². The van der Waals surface area contributed by atoms with Crippen molar-refractivity contribution < 1.29 is 37.1 Å². The van der Waals surface area contributed by atoms with Crippen molar-refractivity contribution in [1.82, 2.24) is 9.97 Å². The Labute approximate surface area is 290 Å². The smallest absolute Gasteiger partial charge is 0.417 e. The van der Waals surface area contributed by atoms with E-state index in [0.29, 0.717) is 55.2 Å². The largest absolute Gasteiger partial charge is 0.497 e. The summed E-state index contributed by atoms with van der Waals surface area (Å²) < 4.78 is 51.8. The number of alkyl halides is 3. The molecule has 0 radical (unpaired) electrons. The highest BCUT2D eigenvalue weighted by Gasteiger charge is 2.35. The highest BCUT2D eigenvalue weighted by molar-refractivity contribution is 7.14. The van der Waals surface area contributed by atoms with Crippen LogP contribution >= 0.6 is 34.3 Å². The zero-order valence-corrected chi connectivity index (χ0v) is 28.8. The van der Waals surface area contributed by atoms with Crippen LogP contribution in [0.4, 0.5) is 23.4 Å². The van der Waals surface area contributed by atoms with Crippen LogP contribution in [-0.2, 0) is 15.8 Å². The van der Waals surface area contributed by atoms with E-state index in [0.717, 1.165) is 41.4 Å². The van der Waals surface area contributed by atoms with Gasteiger partial charge >= 0.3 is 6.18 Å². The number of amides is 2. The molecule has 2 unspecified atom stereocenters. The van der Waals surface area contributed by atoms with E-state index in [4.69, 9.17) is 25.9 Å². The molecule has 258 valence electrons. The third kappa shape index (κ3) is 10.8. The Kier molecular flexibility index (Phi) is 13.9. The topological polar surface area (TPSA) is 103 Å². The van der Waals surface area contributed by atoms with Gasteiger partial charge in [0.2, 0.25) is 5.13 Å². The maximum absolute atomic E-state index is 13.9. The summed E-state index contributed by atoms with van der Waals surface area (Å²) in [5.74, 6) is -0.192. The molecule has 4 rings (SSSR count). The van der Waals surface area contributed by atoms with Crippen LogP contribution < -0.4 is 24.7 Å². The molecular weight excluding hydrogens is 689 g/mol. The normalized spacial score (nSPS) is 12.6. The number of carbonyl (C=O) groups excluding carboxylic acids is 2. The standard InChI is InChI=1S/C33H36ClF3N4O5S2/c1-3-4-8-22(30(43)41(32-39-18-20-48-32)46-25-15-16-27(34)26(21-25)33(35,36)37)9-6-5-7-10-28(29(42)40-31-38-17-19-47-31)45-24-13-11-23(44-2)12-14-24/h11-22,28H,3-10H2,1-2H3,(H,38,40,42). The summed E-state index contributed by atoms with van der Waals surface area (Å²) in [6.45, 7) is 2.02. The van der Waals surface area contributed by atoms with E-state index in [1.54, 1.807) is 48.3 Å². The number of nitrogens with zero attached hydrogens (tertiary/aromatic N) is 3. The second-order valence-corrected chi connectivity index (χ2v) is 12.9. The molecule has 15 heteroatoms. The summed E-state index contributed by atoms with van der Waals surface area (Å²) >= 11 is 8.23. The number of anilines is 2. The summed E-state index contributed by atoms with van der Waals surface area (Å²) in [6, 6.07) is 10.1. The van der Waals surface area contributed by atoms with Gasteiger partial charge in [0, 0.05) is 29.1 Å². The lowest BCUT2D eigenvalue weighted by molar-refractivity contribution is -0.137. The number of thiazole rings is 2. The first-order chi connectivity index (χ1) is 23.1. The lowest BCUT2D eigenvalue weighted by Crippen LogP contribution is -2.39. The van der Waals surface area contributed by atoms with Gasteiger partial charge in [0.25, 0.3) is 11.8 Å². The highest BCUT2D eigenvalue weighted by Crippen LogP contribution is 2.37. The average molecular weight is 725 g/mol. The molecule has 0 fully saturated rings. The van der Waals surface area contributed by atoms with E-state index in [2.05, 4.69) is 15.3 Å². The van der Waals surface area contributed by atoms with Gasteiger partial charge in [0.05, 0.1) is 17.7 Å². The molecule has 2 aromatic carbocycles. The van der Waals surface area contributed by atoms with Gasteiger partial charge < -0.3 is 14.3 Å². The molecule has 2 amide bonds. The third-order valence-corrected chi connectivity index (χ3v) is 9.06. The van der Waals surface area contributed by atoms with Gasteiger partial charge in [-0.3, -0.25) is 14.9 Å². The third-order valence-electron chi connectivity index (χ3n) is 7.30. The molecule has 2 atom stereocenters. The number of rotatable bonds is 18. The monoisotopic (exact) mass is 724 g/mol. The first-order valence-corrected chi connectivity index (χ1v) is 17.5. The van der Waals surface area contributed by atoms with Gasteiger partial charge in [0.1, 0.15) is 11.5 Å². The molecule has 0 saturated heterocycles. The minimum atomic E-state index is -4.70. The number of ether oxygens (including phenoxy) is 2. The summed E-state index contributed by atoms with van der Waals surface area (Å²) in [5.41, 5.74) is -1.06. The van der Waals surface area contributed by atoms with Gasteiger partial charge in [0.15, 0.2) is 17.0 Å². The van der Waals surface area contributed by atoms with Crippen molar-refractivity contribution in [2.75, 3.05) is 17.5 Å². The van der Waals surface area contributed by atoms with Gasteiger partial charge in [-0.15, -0.1) is 27.7 Å². The fourth-order valence-electron chi connectivity index (χ4n) is 4.82. The van der Waals surface area contributed by atoms with Gasteiger partial charge in [-0.05, 0) is 68.1 Å². The van der Waals surface area contributed by atoms with Crippen LogP contribution in [0, 0.1) is 5.92 Å². The summed E-state index contributed by atoms with van der Waals surface area (Å²) in [4.78, 5) is 41.1. The minimum Gasteiger partial charge on any atom is -0.497 e. The van der Waals surface area contributed by atoms with E-state index >= 15 is 0 Å². The minimum absolute atomic E-state index is 0.191. The molecule has 2 aromatic heterocycles. The van der Waals surface area contributed by atoms with Crippen LogP contribution in [0.5, 0.6) is 17.2 Å². The van der Waals surface area contributed by atoms with Crippen molar-refractivity contribution in [2.24, 2.45) is 5.92 Å². The number of hydrogen-bond acceptors (Lipinski definition) is 9. The molecule has 0 saturated carbocycles. The first kappa shape index (κ1) is 36.9. The molecule has 2 heterocycles. The lowest BCUT2D eigenvalue weighted by atomic mass is 9.94. The molecule has 1 N–H and O–H groups in total. The Bertz CT molecular complexity index is 1580. The van der Waals surface area contributed by atoms with Gasteiger partial charge in [-0.25, -0.2) is 9.97 Å². The Morgan fingerprint density at radius 1 is 0.917 bits per heavy atom.